The number of nitrogens with one attached hydrogen (secondary N) is 2. The van der Waals surface area contributed by atoms with Crippen LogP contribution in [0.5, 0.6) is 0 Å². The van der Waals surface area contributed by atoms with Gasteiger partial charge in [0.15, 0.2) is 5.82 Å². The minimum absolute atomic E-state index is 0.0101. The zero-order valence-corrected chi connectivity index (χ0v) is 14.5. The van der Waals surface area contributed by atoms with Crippen LogP contribution in [-0.2, 0) is 5.60 Å². The van der Waals surface area contributed by atoms with Crippen molar-refractivity contribution in [2.75, 3.05) is 6.54 Å². The molecule has 0 radical (unpaired) electrons. The summed E-state index contributed by atoms with van der Waals surface area (Å²) in [5.74, 6) is 1.86. The molecule has 3 N–H and O–H groups in total. The standard InChI is InChI=1S/C17H24N4O4/c1-11(15-20-14(21-25-15)12-6-3-4-7-12)19-16(22)18-10-17(2,23)13-8-5-9-24-13/h5,8-9,11-12,23H,3-4,6-7,10H2,1-2H3,(H2,18,19,22)/t11-,17-/m1/s1. The Morgan fingerprint density at radius 1 is 1.48 bits per heavy atom. The molecule has 2 amide bonds. The predicted molar refractivity (Wildman–Crippen MR) is 88.7 cm³/mol. The van der Waals surface area contributed by atoms with Crippen LogP contribution in [0.3, 0.4) is 0 Å². The highest BCUT2D eigenvalue weighted by atomic mass is 16.5. The quantitative estimate of drug-likeness (QED) is 0.739. The average Bonchev–Trinajstić information content (AvgIpc) is 3.34. The molecule has 0 spiro atoms. The fraction of sp³-hybridized carbons (Fsp3) is 0.588. The zero-order valence-electron chi connectivity index (χ0n) is 14.5. The second-order valence-electron chi connectivity index (χ2n) is 6.77. The number of hydrogen-bond donors (Lipinski definition) is 3. The molecule has 0 aliphatic heterocycles. The van der Waals surface area contributed by atoms with Crippen LogP contribution in [0.15, 0.2) is 27.3 Å². The number of rotatable bonds is 6. The molecule has 2 atom stereocenters. The van der Waals surface area contributed by atoms with E-state index in [1.807, 2.05) is 0 Å². The van der Waals surface area contributed by atoms with Crippen LogP contribution < -0.4 is 10.6 Å². The summed E-state index contributed by atoms with van der Waals surface area (Å²) in [5.41, 5.74) is -1.29. The molecular formula is C17H24N4O4. The lowest BCUT2D eigenvalue weighted by atomic mass is 10.0. The van der Waals surface area contributed by atoms with Crippen molar-refractivity contribution in [3.05, 3.63) is 35.9 Å². The monoisotopic (exact) mass is 348 g/mol. The third-order valence-corrected chi connectivity index (χ3v) is 4.54. The number of amides is 2. The number of hydrogen-bond acceptors (Lipinski definition) is 6. The van der Waals surface area contributed by atoms with E-state index in [2.05, 4.69) is 20.8 Å². The van der Waals surface area contributed by atoms with E-state index in [4.69, 9.17) is 8.94 Å². The van der Waals surface area contributed by atoms with E-state index >= 15 is 0 Å². The molecular weight excluding hydrogens is 324 g/mol. The van der Waals surface area contributed by atoms with Crippen molar-refractivity contribution in [2.24, 2.45) is 0 Å². The number of nitrogens with zero attached hydrogens (tertiary/aromatic N) is 2. The van der Waals surface area contributed by atoms with Crippen LogP contribution in [0.2, 0.25) is 0 Å². The molecule has 136 valence electrons. The normalized spacial score (nSPS) is 18.7. The zero-order chi connectivity index (χ0) is 17.9. The van der Waals surface area contributed by atoms with Gasteiger partial charge in [-0.3, -0.25) is 0 Å². The van der Waals surface area contributed by atoms with Gasteiger partial charge in [0.2, 0.25) is 5.89 Å². The van der Waals surface area contributed by atoms with E-state index in [-0.39, 0.29) is 6.54 Å². The largest absolute Gasteiger partial charge is 0.466 e. The van der Waals surface area contributed by atoms with Crippen molar-refractivity contribution >= 4 is 6.03 Å². The molecule has 2 heterocycles. The van der Waals surface area contributed by atoms with Crippen LogP contribution in [0.4, 0.5) is 4.79 Å². The molecule has 2 aromatic heterocycles. The minimum atomic E-state index is -1.29. The number of aliphatic hydroxyl groups is 1. The van der Waals surface area contributed by atoms with Gasteiger partial charge >= 0.3 is 6.03 Å². The summed E-state index contributed by atoms with van der Waals surface area (Å²) in [4.78, 5) is 16.5. The first-order valence-electron chi connectivity index (χ1n) is 8.60. The average molecular weight is 348 g/mol. The second kappa shape index (κ2) is 7.26. The van der Waals surface area contributed by atoms with Gasteiger partial charge < -0.3 is 24.7 Å². The topological polar surface area (TPSA) is 113 Å². The van der Waals surface area contributed by atoms with Crippen molar-refractivity contribution in [1.82, 2.24) is 20.8 Å². The van der Waals surface area contributed by atoms with E-state index in [1.165, 1.54) is 19.1 Å². The van der Waals surface area contributed by atoms with E-state index in [1.54, 1.807) is 26.0 Å². The summed E-state index contributed by atoms with van der Waals surface area (Å²) in [6.07, 6.45) is 6.04. The summed E-state index contributed by atoms with van der Waals surface area (Å²) in [5, 5.41) is 19.7. The highest BCUT2D eigenvalue weighted by Crippen LogP contribution is 2.32. The minimum Gasteiger partial charge on any atom is -0.466 e. The van der Waals surface area contributed by atoms with Crippen molar-refractivity contribution in [3.8, 4) is 0 Å². The van der Waals surface area contributed by atoms with E-state index in [0.29, 0.717) is 17.6 Å². The predicted octanol–water partition coefficient (Wildman–Crippen LogP) is 2.59. The van der Waals surface area contributed by atoms with Crippen molar-refractivity contribution < 1.29 is 18.8 Å². The van der Waals surface area contributed by atoms with Gasteiger partial charge in [-0.15, -0.1) is 0 Å². The van der Waals surface area contributed by atoms with Crippen LogP contribution in [0.1, 0.15) is 69.0 Å². The third-order valence-electron chi connectivity index (χ3n) is 4.54. The van der Waals surface area contributed by atoms with E-state index in [0.717, 1.165) is 18.7 Å². The lowest BCUT2D eigenvalue weighted by Crippen LogP contribution is -2.44. The smallest absolute Gasteiger partial charge is 0.315 e. The van der Waals surface area contributed by atoms with E-state index in [9.17, 15) is 9.90 Å². The van der Waals surface area contributed by atoms with Crippen molar-refractivity contribution in [3.63, 3.8) is 0 Å². The highest BCUT2D eigenvalue weighted by molar-refractivity contribution is 5.74. The molecule has 0 saturated heterocycles. The first kappa shape index (κ1) is 17.5. The Labute approximate surface area is 146 Å². The summed E-state index contributed by atoms with van der Waals surface area (Å²) in [7, 11) is 0. The van der Waals surface area contributed by atoms with Gasteiger partial charge in [0.05, 0.1) is 12.8 Å². The Balaban J connectivity index is 1.50. The van der Waals surface area contributed by atoms with Gasteiger partial charge in [0, 0.05) is 5.92 Å². The molecule has 0 bridgehead atoms. The second-order valence-corrected chi connectivity index (χ2v) is 6.77. The SMILES string of the molecule is C[C@@H](NC(=O)NC[C@@](C)(O)c1ccco1)c1nc(C2CCCC2)no1. The van der Waals surface area contributed by atoms with Crippen molar-refractivity contribution in [2.45, 2.75) is 57.1 Å². The van der Waals surface area contributed by atoms with Crippen LogP contribution >= 0.6 is 0 Å². The molecule has 1 aliphatic rings. The summed E-state index contributed by atoms with van der Waals surface area (Å²) >= 11 is 0. The van der Waals surface area contributed by atoms with Gasteiger partial charge in [-0.2, -0.15) is 4.98 Å². The number of aromatic nitrogens is 2. The summed E-state index contributed by atoms with van der Waals surface area (Å²) in [6.45, 7) is 3.36. The Morgan fingerprint density at radius 2 is 2.24 bits per heavy atom. The van der Waals surface area contributed by atoms with Crippen LogP contribution in [0, 0.1) is 0 Å². The Kier molecular flexibility index (Phi) is 5.08. The molecule has 8 heteroatoms. The molecule has 3 rings (SSSR count). The van der Waals surface area contributed by atoms with Gasteiger partial charge in [-0.05, 0) is 38.8 Å². The van der Waals surface area contributed by atoms with Gasteiger partial charge in [0.25, 0.3) is 0 Å². The molecule has 1 fully saturated rings. The van der Waals surface area contributed by atoms with Crippen LogP contribution in [0.25, 0.3) is 0 Å². The summed E-state index contributed by atoms with van der Waals surface area (Å²) < 4.78 is 10.5. The first-order valence-corrected chi connectivity index (χ1v) is 8.60. The maximum Gasteiger partial charge on any atom is 0.315 e. The number of urea groups is 1. The Bertz CT molecular complexity index is 689. The Hall–Kier alpha value is -2.35. The lowest BCUT2D eigenvalue weighted by molar-refractivity contribution is 0.0366. The Morgan fingerprint density at radius 3 is 2.92 bits per heavy atom. The fourth-order valence-corrected chi connectivity index (χ4v) is 3.01. The molecule has 0 aromatic carbocycles. The molecule has 0 unspecified atom stereocenters. The summed E-state index contributed by atoms with van der Waals surface area (Å²) in [6, 6.07) is 2.49. The molecule has 8 nitrogen and oxygen atoms in total. The fourth-order valence-electron chi connectivity index (χ4n) is 3.01. The van der Waals surface area contributed by atoms with Crippen LogP contribution in [-0.4, -0.2) is 27.8 Å². The van der Waals surface area contributed by atoms with Crippen molar-refractivity contribution in [1.29, 1.82) is 0 Å². The molecule has 1 aliphatic carbocycles. The first-order chi connectivity index (χ1) is 12.0. The van der Waals surface area contributed by atoms with E-state index < -0.39 is 17.7 Å². The molecule has 2 aromatic rings. The van der Waals surface area contributed by atoms with Gasteiger partial charge in [-0.25, -0.2) is 4.79 Å². The maximum absolute atomic E-state index is 12.1. The number of carbonyl (C=O) groups excluding carboxylic acids is 1. The maximum atomic E-state index is 12.1. The molecule has 25 heavy (non-hydrogen) atoms. The number of carbonyl (C=O) groups is 1. The molecule has 1 saturated carbocycles. The van der Waals surface area contributed by atoms with Gasteiger partial charge in [-0.1, -0.05) is 18.0 Å². The lowest BCUT2D eigenvalue weighted by Gasteiger charge is -2.21. The third kappa shape index (κ3) is 4.19. The highest BCUT2D eigenvalue weighted by Gasteiger charge is 2.28. The van der Waals surface area contributed by atoms with Gasteiger partial charge in [0.1, 0.15) is 17.4 Å². The number of furan rings is 1.